The highest BCUT2D eigenvalue weighted by molar-refractivity contribution is 5.81. The lowest BCUT2D eigenvalue weighted by molar-refractivity contribution is 0.111. The van der Waals surface area contributed by atoms with Crippen molar-refractivity contribution in [3.05, 3.63) is 62.9 Å². The number of carbonyl (C=O) groups excluding carboxylic acids is 1. The molecule has 0 amide bonds. The molecule has 2 aromatic rings. The number of aldehydes is 1. The largest absolute Gasteiger partial charge is 0.494 e. The van der Waals surface area contributed by atoms with Crippen LogP contribution in [0, 0.1) is 18.3 Å². The average Bonchev–Trinajstić information content (AvgIpc) is 2.46. The third-order valence-corrected chi connectivity index (χ3v) is 3.15. The van der Waals surface area contributed by atoms with Crippen LogP contribution in [0.5, 0.6) is 5.88 Å². The fourth-order valence-corrected chi connectivity index (χ4v) is 2.02. The number of aromatic nitrogens is 1. The summed E-state index contributed by atoms with van der Waals surface area (Å²) in [5.74, 6) is -0.412. The van der Waals surface area contributed by atoms with Gasteiger partial charge in [0.25, 0.3) is 5.56 Å². The van der Waals surface area contributed by atoms with Crippen LogP contribution in [0.1, 0.15) is 27.0 Å². The van der Waals surface area contributed by atoms with E-state index in [0.717, 1.165) is 10.1 Å². The first-order chi connectivity index (χ1) is 9.60. The third-order valence-electron chi connectivity index (χ3n) is 3.15. The van der Waals surface area contributed by atoms with Gasteiger partial charge in [0.2, 0.25) is 5.88 Å². The summed E-state index contributed by atoms with van der Waals surface area (Å²) in [5, 5.41) is 19.1. The molecule has 0 radical (unpaired) electrons. The number of aromatic hydroxyl groups is 1. The first-order valence-corrected chi connectivity index (χ1v) is 5.95. The fraction of sp³-hybridized carbons (Fsp3) is 0.133. The molecule has 0 bridgehead atoms. The second-order valence-corrected chi connectivity index (χ2v) is 4.34. The maximum atomic E-state index is 12.2. The van der Waals surface area contributed by atoms with Crippen LogP contribution in [0.3, 0.4) is 0 Å². The van der Waals surface area contributed by atoms with Gasteiger partial charge in [0.15, 0.2) is 6.29 Å². The number of rotatable bonds is 3. The van der Waals surface area contributed by atoms with Crippen LogP contribution in [0.4, 0.5) is 0 Å². The second kappa shape index (κ2) is 5.41. The number of nitrogens with zero attached hydrogens (tertiary/aromatic N) is 2. The van der Waals surface area contributed by atoms with E-state index in [0.29, 0.717) is 6.29 Å². The highest BCUT2D eigenvalue weighted by Crippen LogP contribution is 2.20. The Balaban J connectivity index is 2.68. The first kappa shape index (κ1) is 13.6. The molecule has 20 heavy (non-hydrogen) atoms. The molecule has 1 heterocycles. The van der Waals surface area contributed by atoms with Gasteiger partial charge in [-0.2, -0.15) is 5.26 Å². The fourth-order valence-electron chi connectivity index (χ4n) is 2.02. The normalized spacial score (nSPS) is 10.0. The molecular formula is C15H12N2O3. The van der Waals surface area contributed by atoms with E-state index in [1.165, 1.54) is 6.92 Å². The molecule has 0 saturated heterocycles. The topological polar surface area (TPSA) is 83.1 Å². The van der Waals surface area contributed by atoms with E-state index in [9.17, 15) is 14.7 Å². The molecule has 5 heteroatoms. The molecule has 0 atom stereocenters. The molecule has 0 fully saturated rings. The Hall–Kier alpha value is -2.87. The van der Waals surface area contributed by atoms with Gasteiger partial charge in [0.1, 0.15) is 11.6 Å². The van der Waals surface area contributed by atoms with Crippen molar-refractivity contribution in [2.45, 2.75) is 13.5 Å². The van der Waals surface area contributed by atoms with Gasteiger partial charge >= 0.3 is 0 Å². The predicted octanol–water partition coefficient (Wildman–Crippen LogP) is 1.59. The van der Waals surface area contributed by atoms with E-state index < -0.39 is 11.4 Å². The van der Waals surface area contributed by atoms with Crippen molar-refractivity contribution in [1.29, 1.82) is 5.26 Å². The lowest BCUT2D eigenvalue weighted by atomic mass is 10.1. The summed E-state index contributed by atoms with van der Waals surface area (Å²) in [5.41, 5.74) is 0.235. The first-order valence-electron chi connectivity index (χ1n) is 5.95. The van der Waals surface area contributed by atoms with Gasteiger partial charge in [-0.3, -0.25) is 14.2 Å². The SMILES string of the molecule is Cc1c(C=O)c(O)n(Cc2ccccc2)c(=O)c1C#N. The highest BCUT2D eigenvalue weighted by atomic mass is 16.3. The monoisotopic (exact) mass is 268 g/mol. The molecule has 0 spiro atoms. The van der Waals surface area contributed by atoms with E-state index in [-0.39, 0.29) is 23.2 Å². The van der Waals surface area contributed by atoms with Gasteiger partial charge in [-0.25, -0.2) is 0 Å². The lowest BCUT2D eigenvalue weighted by Crippen LogP contribution is -2.25. The van der Waals surface area contributed by atoms with Crippen LogP contribution >= 0.6 is 0 Å². The third kappa shape index (κ3) is 2.19. The maximum Gasteiger partial charge on any atom is 0.271 e. The van der Waals surface area contributed by atoms with Crippen LogP contribution in [0.25, 0.3) is 0 Å². The zero-order chi connectivity index (χ0) is 14.7. The van der Waals surface area contributed by atoms with Gasteiger partial charge in [0, 0.05) is 0 Å². The Morgan fingerprint density at radius 2 is 2.00 bits per heavy atom. The van der Waals surface area contributed by atoms with Crippen molar-refractivity contribution >= 4 is 6.29 Å². The Morgan fingerprint density at radius 1 is 1.35 bits per heavy atom. The summed E-state index contributed by atoms with van der Waals surface area (Å²) in [6.07, 6.45) is 0.451. The summed E-state index contributed by atoms with van der Waals surface area (Å²) in [6, 6.07) is 10.8. The number of pyridine rings is 1. The Kier molecular flexibility index (Phi) is 3.67. The van der Waals surface area contributed by atoms with Gasteiger partial charge in [-0.05, 0) is 18.1 Å². The van der Waals surface area contributed by atoms with Crippen molar-refractivity contribution in [1.82, 2.24) is 4.57 Å². The summed E-state index contributed by atoms with van der Waals surface area (Å²) >= 11 is 0. The van der Waals surface area contributed by atoms with Crippen molar-refractivity contribution in [3.8, 4) is 11.9 Å². The predicted molar refractivity (Wildman–Crippen MR) is 72.8 cm³/mol. The average molecular weight is 268 g/mol. The van der Waals surface area contributed by atoms with Gasteiger partial charge in [-0.15, -0.1) is 0 Å². The minimum Gasteiger partial charge on any atom is -0.494 e. The highest BCUT2D eigenvalue weighted by Gasteiger charge is 2.18. The molecule has 0 aliphatic rings. The summed E-state index contributed by atoms with van der Waals surface area (Å²) in [6.45, 7) is 1.57. The van der Waals surface area contributed by atoms with Crippen molar-refractivity contribution < 1.29 is 9.90 Å². The summed E-state index contributed by atoms with van der Waals surface area (Å²) in [7, 11) is 0. The van der Waals surface area contributed by atoms with Crippen LogP contribution in [-0.4, -0.2) is 16.0 Å². The molecule has 0 aliphatic carbocycles. The van der Waals surface area contributed by atoms with E-state index in [1.807, 2.05) is 6.07 Å². The summed E-state index contributed by atoms with van der Waals surface area (Å²) in [4.78, 5) is 23.2. The maximum absolute atomic E-state index is 12.2. The molecule has 0 unspecified atom stereocenters. The van der Waals surface area contributed by atoms with Gasteiger partial charge in [-0.1, -0.05) is 30.3 Å². The number of benzene rings is 1. The minimum atomic E-state index is -0.600. The van der Waals surface area contributed by atoms with Crippen molar-refractivity contribution in [2.75, 3.05) is 0 Å². The number of hydrogen-bond donors (Lipinski definition) is 1. The standard InChI is InChI=1S/C15H12N2O3/c1-10-12(7-16)14(19)17(15(20)13(10)9-18)8-11-5-3-2-4-6-11/h2-6,9,20H,8H2,1H3. The molecule has 1 aromatic carbocycles. The zero-order valence-corrected chi connectivity index (χ0v) is 10.8. The zero-order valence-electron chi connectivity index (χ0n) is 10.8. The van der Waals surface area contributed by atoms with Crippen molar-refractivity contribution in [2.24, 2.45) is 0 Å². The van der Waals surface area contributed by atoms with Crippen molar-refractivity contribution in [3.63, 3.8) is 0 Å². The van der Waals surface area contributed by atoms with Gasteiger partial charge < -0.3 is 5.11 Å². The van der Waals surface area contributed by atoms with E-state index in [4.69, 9.17) is 5.26 Å². The van der Waals surface area contributed by atoms with Gasteiger partial charge in [0.05, 0.1) is 12.1 Å². The molecule has 5 nitrogen and oxygen atoms in total. The number of carbonyl (C=O) groups is 1. The molecule has 100 valence electrons. The Bertz CT molecular complexity index is 755. The molecular weight excluding hydrogens is 256 g/mol. The van der Waals surface area contributed by atoms with Crippen LogP contribution in [0.15, 0.2) is 35.1 Å². The molecule has 0 aliphatic heterocycles. The second-order valence-electron chi connectivity index (χ2n) is 4.34. The smallest absolute Gasteiger partial charge is 0.271 e. The minimum absolute atomic E-state index is 0.0305. The molecule has 1 N–H and O–H groups in total. The number of nitriles is 1. The van der Waals surface area contributed by atoms with E-state index >= 15 is 0 Å². The van der Waals surface area contributed by atoms with E-state index in [1.54, 1.807) is 30.3 Å². The molecule has 2 rings (SSSR count). The van der Waals surface area contributed by atoms with E-state index in [2.05, 4.69) is 0 Å². The summed E-state index contributed by atoms with van der Waals surface area (Å²) < 4.78 is 1.03. The lowest BCUT2D eigenvalue weighted by Gasteiger charge is -2.13. The van der Waals surface area contributed by atoms with Crippen LogP contribution in [-0.2, 0) is 6.54 Å². The Labute approximate surface area is 115 Å². The quantitative estimate of drug-likeness (QED) is 0.857. The molecule has 0 saturated carbocycles. The Morgan fingerprint density at radius 3 is 2.55 bits per heavy atom. The van der Waals surface area contributed by atoms with Crippen LogP contribution < -0.4 is 5.56 Å². The van der Waals surface area contributed by atoms with Crippen LogP contribution in [0.2, 0.25) is 0 Å². The molecule has 1 aromatic heterocycles. The number of hydrogen-bond acceptors (Lipinski definition) is 4.